The molecule has 0 spiro atoms. The van der Waals surface area contributed by atoms with Crippen LogP contribution in [0.3, 0.4) is 0 Å². The number of benzene rings is 1. The van der Waals surface area contributed by atoms with Gasteiger partial charge in [-0.2, -0.15) is 0 Å². The predicted molar refractivity (Wildman–Crippen MR) is 88.6 cm³/mol. The van der Waals surface area contributed by atoms with Crippen LogP contribution in [0.2, 0.25) is 0 Å². The Kier molecular flexibility index (Phi) is 4.75. The number of aryl methyl sites for hydroxylation is 1. The minimum atomic E-state index is -0.454. The lowest BCUT2D eigenvalue weighted by atomic mass is 9.96. The van der Waals surface area contributed by atoms with Crippen molar-refractivity contribution in [3.05, 3.63) is 47.5 Å². The van der Waals surface area contributed by atoms with E-state index in [0.717, 1.165) is 0 Å². The van der Waals surface area contributed by atoms with Gasteiger partial charge in [-0.05, 0) is 24.6 Å². The second-order valence-electron chi connectivity index (χ2n) is 6.35. The highest BCUT2D eigenvalue weighted by atomic mass is 16.2. The van der Waals surface area contributed by atoms with E-state index in [-0.39, 0.29) is 5.91 Å². The Morgan fingerprint density at radius 1 is 1.00 bits per heavy atom. The second kappa shape index (κ2) is 6.56. The van der Waals surface area contributed by atoms with Gasteiger partial charge in [-0.15, -0.1) is 10.2 Å². The molecule has 116 valence electrons. The molecule has 2 rings (SSSR count). The molecule has 0 saturated heterocycles. The number of nitrogens with zero attached hydrogens (tertiary/aromatic N) is 2. The van der Waals surface area contributed by atoms with Gasteiger partial charge < -0.3 is 10.6 Å². The van der Waals surface area contributed by atoms with E-state index in [0.29, 0.717) is 18.2 Å². The topological polar surface area (TPSA) is 66.9 Å². The summed E-state index contributed by atoms with van der Waals surface area (Å²) < 4.78 is 0. The van der Waals surface area contributed by atoms with Gasteiger partial charge in [0, 0.05) is 12.0 Å². The summed E-state index contributed by atoms with van der Waals surface area (Å²) in [7, 11) is 0. The molecule has 0 fully saturated rings. The zero-order valence-electron chi connectivity index (χ0n) is 13.5. The Bertz CT molecular complexity index is 627. The number of hydrogen-bond donors (Lipinski definition) is 2. The van der Waals surface area contributed by atoms with Crippen LogP contribution in [0.25, 0.3) is 0 Å². The first-order chi connectivity index (χ1) is 10.3. The molecule has 0 saturated carbocycles. The van der Waals surface area contributed by atoms with Gasteiger partial charge in [0.1, 0.15) is 5.82 Å². The average Bonchev–Trinajstić information content (AvgIpc) is 2.47. The molecule has 0 radical (unpaired) electrons. The summed E-state index contributed by atoms with van der Waals surface area (Å²) in [5.74, 6) is 1.05. The molecule has 1 amide bonds. The third-order valence-electron chi connectivity index (χ3n) is 3.18. The van der Waals surface area contributed by atoms with Crippen molar-refractivity contribution >= 4 is 17.5 Å². The molecule has 0 aliphatic heterocycles. The summed E-state index contributed by atoms with van der Waals surface area (Å²) in [6, 6.07) is 11.9. The van der Waals surface area contributed by atoms with Gasteiger partial charge in [0.15, 0.2) is 5.82 Å². The molecule has 0 unspecified atom stereocenters. The minimum absolute atomic E-state index is 0.0813. The number of amides is 1. The molecule has 2 N–H and O–H groups in total. The first kappa shape index (κ1) is 15.9. The smallest absolute Gasteiger partial charge is 0.230 e. The van der Waals surface area contributed by atoms with Gasteiger partial charge in [-0.3, -0.25) is 4.79 Å². The lowest BCUT2D eigenvalue weighted by molar-refractivity contribution is -0.123. The number of hydrogen-bond acceptors (Lipinski definition) is 4. The van der Waals surface area contributed by atoms with E-state index < -0.39 is 5.41 Å². The Morgan fingerprint density at radius 2 is 1.59 bits per heavy atom. The van der Waals surface area contributed by atoms with Crippen molar-refractivity contribution in [2.75, 3.05) is 10.6 Å². The van der Waals surface area contributed by atoms with Gasteiger partial charge in [0.2, 0.25) is 5.91 Å². The van der Waals surface area contributed by atoms with E-state index in [2.05, 4.69) is 52.0 Å². The fourth-order valence-corrected chi connectivity index (χ4v) is 1.70. The monoisotopic (exact) mass is 298 g/mol. The van der Waals surface area contributed by atoms with Crippen LogP contribution >= 0.6 is 0 Å². The summed E-state index contributed by atoms with van der Waals surface area (Å²) in [4.78, 5) is 11.9. The molecule has 22 heavy (non-hydrogen) atoms. The summed E-state index contributed by atoms with van der Waals surface area (Å²) in [6.45, 7) is 8.31. The van der Waals surface area contributed by atoms with Gasteiger partial charge in [0.25, 0.3) is 0 Å². The molecular weight excluding hydrogens is 276 g/mol. The lowest BCUT2D eigenvalue weighted by Gasteiger charge is -2.16. The Morgan fingerprint density at radius 3 is 2.14 bits per heavy atom. The maximum Gasteiger partial charge on any atom is 0.230 e. The summed E-state index contributed by atoms with van der Waals surface area (Å²) in [5.41, 5.74) is 1.96. The van der Waals surface area contributed by atoms with E-state index in [9.17, 15) is 4.79 Å². The van der Waals surface area contributed by atoms with Crippen molar-refractivity contribution in [1.82, 2.24) is 10.2 Å². The van der Waals surface area contributed by atoms with Gasteiger partial charge in [-0.25, -0.2) is 0 Å². The van der Waals surface area contributed by atoms with Crippen LogP contribution in [0.15, 0.2) is 36.4 Å². The fraction of sp³-hybridized carbons (Fsp3) is 0.353. The highest BCUT2D eigenvalue weighted by Crippen LogP contribution is 2.16. The lowest BCUT2D eigenvalue weighted by Crippen LogP contribution is -2.28. The fourth-order valence-electron chi connectivity index (χ4n) is 1.70. The molecule has 5 nitrogen and oxygen atoms in total. The quantitative estimate of drug-likeness (QED) is 0.908. The molecule has 0 bridgehead atoms. The molecule has 0 atom stereocenters. The highest BCUT2D eigenvalue weighted by molar-refractivity contribution is 5.93. The maximum absolute atomic E-state index is 11.9. The Labute approximate surface area is 131 Å². The van der Waals surface area contributed by atoms with Crippen molar-refractivity contribution in [2.45, 2.75) is 34.2 Å². The van der Waals surface area contributed by atoms with Crippen molar-refractivity contribution in [3.63, 3.8) is 0 Å². The van der Waals surface area contributed by atoms with Crippen LogP contribution in [0.4, 0.5) is 11.6 Å². The largest absolute Gasteiger partial charge is 0.365 e. The summed E-state index contributed by atoms with van der Waals surface area (Å²) in [5, 5.41) is 14.0. The van der Waals surface area contributed by atoms with Gasteiger partial charge >= 0.3 is 0 Å². The molecule has 0 aliphatic rings. The number of carbonyl (C=O) groups excluding carboxylic acids is 1. The molecule has 5 heteroatoms. The zero-order chi connectivity index (χ0) is 16.2. The van der Waals surface area contributed by atoms with E-state index in [1.807, 2.05) is 20.8 Å². The maximum atomic E-state index is 11.9. The summed E-state index contributed by atoms with van der Waals surface area (Å²) in [6.07, 6.45) is 0. The van der Waals surface area contributed by atoms with E-state index in [4.69, 9.17) is 0 Å². The third kappa shape index (κ3) is 4.55. The second-order valence-corrected chi connectivity index (χ2v) is 6.35. The standard InChI is InChI=1S/C17H22N4O/c1-12-5-7-13(8-6-12)11-18-14-9-10-15(21-20-14)19-16(22)17(2,3)4/h5-10H,11H2,1-4H3,(H,18,20)(H,19,21,22). The zero-order valence-corrected chi connectivity index (χ0v) is 13.5. The highest BCUT2D eigenvalue weighted by Gasteiger charge is 2.21. The number of aromatic nitrogens is 2. The van der Waals surface area contributed by atoms with E-state index in [1.54, 1.807) is 12.1 Å². The average molecular weight is 298 g/mol. The number of carbonyl (C=O) groups is 1. The van der Waals surface area contributed by atoms with Crippen molar-refractivity contribution in [2.24, 2.45) is 5.41 Å². The molecule has 1 aromatic heterocycles. The normalized spacial score (nSPS) is 11.1. The third-order valence-corrected chi connectivity index (χ3v) is 3.18. The molecule has 1 heterocycles. The number of rotatable bonds is 4. The minimum Gasteiger partial charge on any atom is -0.365 e. The van der Waals surface area contributed by atoms with Gasteiger partial charge in [0.05, 0.1) is 0 Å². The van der Waals surface area contributed by atoms with Crippen LogP contribution in [-0.4, -0.2) is 16.1 Å². The number of nitrogens with one attached hydrogen (secondary N) is 2. The van der Waals surface area contributed by atoms with Crippen LogP contribution in [0.5, 0.6) is 0 Å². The number of anilines is 2. The van der Waals surface area contributed by atoms with Crippen molar-refractivity contribution in [1.29, 1.82) is 0 Å². The molecule has 2 aromatic rings. The Balaban J connectivity index is 1.92. The summed E-state index contributed by atoms with van der Waals surface area (Å²) >= 11 is 0. The van der Waals surface area contributed by atoms with Crippen LogP contribution in [0, 0.1) is 12.3 Å². The van der Waals surface area contributed by atoms with Crippen molar-refractivity contribution in [3.8, 4) is 0 Å². The first-order valence-electron chi connectivity index (χ1n) is 7.29. The van der Waals surface area contributed by atoms with Crippen LogP contribution in [0.1, 0.15) is 31.9 Å². The molecule has 1 aromatic carbocycles. The predicted octanol–water partition coefficient (Wildman–Crippen LogP) is 3.38. The van der Waals surface area contributed by atoms with Crippen LogP contribution < -0.4 is 10.6 Å². The van der Waals surface area contributed by atoms with E-state index in [1.165, 1.54) is 11.1 Å². The SMILES string of the molecule is Cc1ccc(CNc2ccc(NC(=O)C(C)(C)C)nn2)cc1. The first-order valence-corrected chi connectivity index (χ1v) is 7.29. The Hall–Kier alpha value is -2.43. The van der Waals surface area contributed by atoms with E-state index >= 15 is 0 Å². The van der Waals surface area contributed by atoms with Crippen molar-refractivity contribution < 1.29 is 4.79 Å². The molecular formula is C17H22N4O. The van der Waals surface area contributed by atoms with Gasteiger partial charge in [-0.1, -0.05) is 50.6 Å². The molecule has 0 aliphatic carbocycles. The van der Waals surface area contributed by atoms with Crippen LogP contribution in [-0.2, 0) is 11.3 Å².